The molecule has 33 heavy (non-hydrogen) atoms. The number of nitrogens with one attached hydrogen (secondary N) is 1. The third kappa shape index (κ3) is 5.14. The summed E-state index contributed by atoms with van der Waals surface area (Å²) in [5.74, 6) is -0.0954. The number of aryl methyl sites for hydroxylation is 1. The summed E-state index contributed by atoms with van der Waals surface area (Å²) in [4.78, 5) is 32.5. The van der Waals surface area contributed by atoms with Gasteiger partial charge in [0.1, 0.15) is 5.69 Å². The fourth-order valence-electron chi connectivity index (χ4n) is 4.79. The first-order valence-corrected chi connectivity index (χ1v) is 11.7. The molecule has 1 atom stereocenters. The van der Waals surface area contributed by atoms with Crippen LogP contribution in [0.4, 0.5) is 0 Å². The van der Waals surface area contributed by atoms with Gasteiger partial charge in [0.15, 0.2) is 0 Å². The van der Waals surface area contributed by atoms with Gasteiger partial charge < -0.3 is 10.2 Å². The Bertz CT molecular complexity index is 1130. The molecule has 0 unspecified atom stereocenters. The fourth-order valence-corrected chi connectivity index (χ4v) is 4.79. The topological polar surface area (TPSA) is 62.3 Å². The molecule has 1 aliphatic rings. The van der Waals surface area contributed by atoms with E-state index >= 15 is 0 Å². The van der Waals surface area contributed by atoms with Crippen molar-refractivity contribution in [2.75, 3.05) is 19.6 Å². The molecule has 0 radical (unpaired) electrons. The molecule has 0 aliphatic carbocycles. The van der Waals surface area contributed by atoms with Crippen molar-refractivity contribution in [3.05, 3.63) is 89.7 Å². The maximum atomic E-state index is 13.4. The minimum atomic E-state index is -0.663. The number of aromatic nitrogens is 1. The van der Waals surface area contributed by atoms with Crippen LogP contribution in [0.1, 0.15) is 41.4 Å². The largest absolute Gasteiger partial charge is 0.356 e. The molecule has 3 aromatic rings. The minimum Gasteiger partial charge on any atom is -0.356 e. The van der Waals surface area contributed by atoms with E-state index in [9.17, 15) is 9.59 Å². The van der Waals surface area contributed by atoms with Gasteiger partial charge in [0.05, 0.1) is 5.41 Å². The van der Waals surface area contributed by atoms with E-state index in [-0.39, 0.29) is 11.8 Å². The lowest BCUT2D eigenvalue weighted by atomic mass is 9.74. The SMILES string of the molecule is CCNC(=O)[C@@]1(Cc2cccc(-c3cccc(C)c3)c2)CCCN(C(=O)c2ccccn2)C1. The lowest BCUT2D eigenvalue weighted by molar-refractivity contribution is -0.133. The van der Waals surface area contributed by atoms with Gasteiger partial charge in [-0.15, -0.1) is 0 Å². The van der Waals surface area contributed by atoms with Crippen LogP contribution in [-0.4, -0.2) is 41.3 Å². The van der Waals surface area contributed by atoms with Gasteiger partial charge in [-0.3, -0.25) is 14.6 Å². The molecule has 1 fully saturated rings. The Kier molecular flexibility index (Phi) is 6.87. The zero-order valence-electron chi connectivity index (χ0n) is 19.4. The first kappa shape index (κ1) is 22.7. The van der Waals surface area contributed by atoms with Crippen LogP contribution in [0.5, 0.6) is 0 Å². The summed E-state index contributed by atoms with van der Waals surface area (Å²) in [6.07, 6.45) is 3.75. The average Bonchev–Trinajstić information content (AvgIpc) is 2.84. The predicted octanol–water partition coefficient (Wildman–Crippen LogP) is 4.66. The zero-order valence-corrected chi connectivity index (χ0v) is 19.4. The Morgan fingerprint density at radius 1 is 1.03 bits per heavy atom. The summed E-state index contributed by atoms with van der Waals surface area (Å²) in [6.45, 7) is 5.62. The van der Waals surface area contributed by atoms with Crippen LogP contribution in [0.25, 0.3) is 11.1 Å². The first-order chi connectivity index (χ1) is 16.0. The van der Waals surface area contributed by atoms with Crippen molar-refractivity contribution in [1.82, 2.24) is 15.2 Å². The highest BCUT2D eigenvalue weighted by atomic mass is 16.2. The summed E-state index contributed by atoms with van der Waals surface area (Å²) < 4.78 is 0. The number of nitrogens with zero attached hydrogens (tertiary/aromatic N) is 2. The van der Waals surface area contributed by atoms with Gasteiger partial charge in [-0.2, -0.15) is 0 Å². The van der Waals surface area contributed by atoms with Crippen LogP contribution in [-0.2, 0) is 11.2 Å². The molecule has 5 nitrogen and oxygen atoms in total. The lowest BCUT2D eigenvalue weighted by Gasteiger charge is -2.41. The Labute approximate surface area is 195 Å². The molecule has 0 spiro atoms. The van der Waals surface area contributed by atoms with Gasteiger partial charge in [0, 0.05) is 25.8 Å². The van der Waals surface area contributed by atoms with E-state index in [2.05, 4.69) is 65.8 Å². The Hall–Kier alpha value is -3.47. The standard InChI is InChI=1S/C28H31N3O2/c1-3-29-27(33)28(14-8-16-31(20-28)26(32)25-13-4-5-15-30-25)19-22-10-7-12-24(18-22)23-11-6-9-21(2)17-23/h4-7,9-13,15,17-18H,3,8,14,16,19-20H2,1-2H3,(H,29,33)/t28-/m1/s1. The van der Waals surface area contributed by atoms with Crippen LogP contribution in [0, 0.1) is 12.3 Å². The number of hydrogen-bond acceptors (Lipinski definition) is 3. The van der Waals surface area contributed by atoms with Crippen molar-refractivity contribution in [3.63, 3.8) is 0 Å². The molecule has 170 valence electrons. The zero-order chi connectivity index (χ0) is 23.3. The summed E-state index contributed by atoms with van der Waals surface area (Å²) in [5, 5.41) is 3.04. The van der Waals surface area contributed by atoms with Crippen molar-refractivity contribution in [2.24, 2.45) is 5.41 Å². The molecule has 1 aliphatic heterocycles. The maximum absolute atomic E-state index is 13.4. The fraction of sp³-hybridized carbons (Fsp3) is 0.321. The number of rotatable bonds is 6. The second-order valence-corrected chi connectivity index (χ2v) is 8.93. The maximum Gasteiger partial charge on any atom is 0.272 e. The minimum absolute atomic E-state index is 0.0180. The number of piperidine rings is 1. The monoisotopic (exact) mass is 441 g/mol. The number of hydrogen-bond donors (Lipinski definition) is 1. The van der Waals surface area contributed by atoms with Gasteiger partial charge >= 0.3 is 0 Å². The van der Waals surface area contributed by atoms with Gasteiger partial charge in [0.2, 0.25) is 5.91 Å². The van der Waals surface area contributed by atoms with Crippen molar-refractivity contribution in [2.45, 2.75) is 33.1 Å². The number of carbonyl (C=O) groups excluding carboxylic acids is 2. The van der Waals surface area contributed by atoms with E-state index in [0.717, 1.165) is 24.0 Å². The molecule has 1 aromatic heterocycles. The molecule has 0 saturated carbocycles. The molecule has 5 heteroatoms. The molecule has 2 heterocycles. The van der Waals surface area contributed by atoms with E-state index in [0.29, 0.717) is 31.7 Å². The van der Waals surface area contributed by atoms with E-state index < -0.39 is 5.41 Å². The third-order valence-electron chi connectivity index (χ3n) is 6.39. The molecule has 1 saturated heterocycles. The number of carbonyl (C=O) groups is 2. The quantitative estimate of drug-likeness (QED) is 0.605. The van der Waals surface area contributed by atoms with E-state index in [1.54, 1.807) is 23.2 Å². The van der Waals surface area contributed by atoms with Gasteiger partial charge in [-0.05, 0) is 61.9 Å². The first-order valence-electron chi connectivity index (χ1n) is 11.7. The highest BCUT2D eigenvalue weighted by Crippen LogP contribution is 2.36. The van der Waals surface area contributed by atoms with E-state index in [1.807, 2.05) is 13.0 Å². The predicted molar refractivity (Wildman–Crippen MR) is 131 cm³/mol. The summed E-state index contributed by atoms with van der Waals surface area (Å²) in [7, 11) is 0. The summed E-state index contributed by atoms with van der Waals surface area (Å²) >= 11 is 0. The Balaban J connectivity index is 1.63. The second-order valence-electron chi connectivity index (χ2n) is 8.93. The molecule has 2 aromatic carbocycles. The Morgan fingerprint density at radius 3 is 2.55 bits per heavy atom. The Morgan fingerprint density at radius 2 is 1.82 bits per heavy atom. The summed E-state index contributed by atoms with van der Waals surface area (Å²) in [5.41, 5.74) is 4.38. The average molecular weight is 442 g/mol. The number of pyridine rings is 1. The molecular weight excluding hydrogens is 410 g/mol. The van der Waals surface area contributed by atoms with Gasteiger partial charge in [-0.1, -0.05) is 60.2 Å². The van der Waals surface area contributed by atoms with Crippen molar-refractivity contribution in [3.8, 4) is 11.1 Å². The number of likely N-dealkylation sites (tertiary alicyclic amines) is 1. The summed E-state index contributed by atoms with van der Waals surface area (Å²) in [6, 6.07) is 22.2. The van der Waals surface area contributed by atoms with Crippen LogP contribution < -0.4 is 5.32 Å². The van der Waals surface area contributed by atoms with Crippen LogP contribution in [0.3, 0.4) is 0 Å². The molecular formula is C28H31N3O2. The molecule has 4 rings (SSSR count). The highest BCUT2D eigenvalue weighted by Gasteiger charge is 2.43. The normalized spacial score (nSPS) is 18.1. The molecule has 1 N–H and O–H groups in total. The van der Waals surface area contributed by atoms with Crippen molar-refractivity contribution in [1.29, 1.82) is 0 Å². The van der Waals surface area contributed by atoms with Crippen LogP contribution in [0.2, 0.25) is 0 Å². The highest BCUT2D eigenvalue weighted by molar-refractivity contribution is 5.93. The van der Waals surface area contributed by atoms with Crippen molar-refractivity contribution >= 4 is 11.8 Å². The smallest absolute Gasteiger partial charge is 0.272 e. The van der Waals surface area contributed by atoms with E-state index in [1.165, 1.54) is 11.1 Å². The van der Waals surface area contributed by atoms with Gasteiger partial charge in [-0.25, -0.2) is 0 Å². The second kappa shape index (κ2) is 9.99. The van der Waals surface area contributed by atoms with E-state index in [4.69, 9.17) is 0 Å². The third-order valence-corrected chi connectivity index (χ3v) is 6.39. The van der Waals surface area contributed by atoms with Crippen molar-refractivity contribution < 1.29 is 9.59 Å². The molecule has 2 amide bonds. The number of benzene rings is 2. The lowest BCUT2D eigenvalue weighted by Crippen LogP contribution is -2.54. The van der Waals surface area contributed by atoms with Crippen LogP contribution in [0.15, 0.2) is 72.9 Å². The van der Waals surface area contributed by atoms with Gasteiger partial charge in [0.25, 0.3) is 5.91 Å². The molecule has 0 bridgehead atoms. The number of amides is 2. The van der Waals surface area contributed by atoms with Crippen LogP contribution >= 0.6 is 0 Å².